The Kier molecular flexibility index (Phi) is 8.77. The molecule has 1 saturated heterocycles. The summed E-state index contributed by atoms with van der Waals surface area (Å²) < 4.78 is 11.4. The Morgan fingerprint density at radius 2 is 1.91 bits per heavy atom. The highest BCUT2D eigenvalue weighted by Crippen LogP contribution is 2.23. The van der Waals surface area contributed by atoms with Crippen LogP contribution in [0.15, 0.2) is 47.8 Å². The van der Waals surface area contributed by atoms with Gasteiger partial charge in [0.25, 0.3) is 5.91 Å². The van der Waals surface area contributed by atoms with E-state index in [1.54, 1.807) is 24.5 Å². The van der Waals surface area contributed by atoms with Crippen molar-refractivity contribution in [1.82, 2.24) is 14.8 Å². The summed E-state index contributed by atoms with van der Waals surface area (Å²) in [5, 5.41) is 2.94. The second kappa shape index (κ2) is 12.2. The van der Waals surface area contributed by atoms with Gasteiger partial charge in [0.15, 0.2) is 0 Å². The first-order valence-corrected chi connectivity index (χ1v) is 13.2. The van der Waals surface area contributed by atoms with Gasteiger partial charge < -0.3 is 19.3 Å². The number of carbonyl (C=O) groups excluding carboxylic acids is 1. The predicted molar refractivity (Wildman–Crippen MR) is 140 cm³/mol. The van der Waals surface area contributed by atoms with Crippen LogP contribution in [0.3, 0.4) is 0 Å². The molecular formula is C28H35N3O3S. The van der Waals surface area contributed by atoms with Crippen LogP contribution in [0.1, 0.15) is 51.4 Å². The number of nitrogens with zero attached hydrogens (tertiary/aromatic N) is 3. The minimum absolute atomic E-state index is 0.00194. The van der Waals surface area contributed by atoms with Crippen molar-refractivity contribution in [2.75, 3.05) is 33.3 Å². The number of aryl methyl sites for hydroxylation is 1. The Balaban J connectivity index is 1.44. The number of methoxy groups -OCH3 is 1. The van der Waals surface area contributed by atoms with Crippen LogP contribution in [0.4, 0.5) is 0 Å². The van der Waals surface area contributed by atoms with E-state index in [1.807, 2.05) is 40.6 Å². The van der Waals surface area contributed by atoms with Gasteiger partial charge in [-0.05, 0) is 75.2 Å². The lowest BCUT2D eigenvalue weighted by molar-refractivity contribution is 0.0713. The molecule has 0 N–H and O–H groups in total. The molecule has 1 aromatic heterocycles. The van der Waals surface area contributed by atoms with Crippen molar-refractivity contribution in [1.29, 1.82) is 0 Å². The molecule has 4 rings (SSSR count). The number of rotatable bonds is 10. The molecule has 3 aromatic rings. The normalized spacial score (nSPS) is 14.0. The van der Waals surface area contributed by atoms with Gasteiger partial charge in [-0.3, -0.25) is 4.79 Å². The van der Waals surface area contributed by atoms with Gasteiger partial charge in [0, 0.05) is 24.0 Å². The number of piperidine rings is 1. The predicted octanol–water partition coefficient (Wildman–Crippen LogP) is 5.48. The second-order valence-electron chi connectivity index (χ2n) is 9.08. The lowest BCUT2D eigenvalue weighted by atomic mass is 10.1. The van der Waals surface area contributed by atoms with Gasteiger partial charge in [0.05, 0.1) is 19.3 Å². The zero-order valence-corrected chi connectivity index (χ0v) is 21.8. The number of carbonyl (C=O) groups is 1. The van der Waals surface area contributed by atoms with Crippen molar-refractivity contribution in [2.24, 2.45) is 0 Å². The van der Waals surface area contributed by atoms with E-state index in [4.69, 9.17) is 14.5 Å². The molecule has 1 amide bonds. The van der Waals surface area contributed by atoms with Crippen molar-refractivity contribution in [3.05, 3.63) is 75.2 Å². The Bertz CT molecular complexity index is 1120. The van der Waals surface area contributed by atoms with Crippen LogP contribution in [0.2, 0.25) is 0 Å². The molecule has 35 heavy (non-hydrogen) atoms. The van der Waals surface area contributed by atoms with Crippen LogP contribution < -0.4 is 9.47 Å². The highest BCUT2D eigenvalue weighted by Gasteiger charge is 2.20. The zero-order chi connectivity index (χ0) is 24.6. The van der Waals surface area contributed by atoms with Crippen LogP contribution in [0.25, 0.3) is 0 Å². The molecule has 6 nitrogen and oxygen atoms in total. The van der Waals surface area contributed by atoms with Gasteiger partial charge in [-0.25, -0.2) is 4.98 Å². The third-order valence-corrected chi connectivity index (χ3v) is 7.47. The van der Waals surface area contributed by atoms with Gasteiger partial charge in [0.2, 0.25) is 0 Å². The highest BCUT2D eigenvalue weighted by molar-refractivity contribution is 7.09. The number of ether oxygens (including phenoxy) is 2. The number of hydrogen-bond donors (Lipinski definition) is 0. The molecule has 1 aliphatic rings. The van der Waals surface area contributed by atoms with Crippen molar-refractivity contribution in [2.45, 2.75) is 46.3 Å². The molecule has 0 saturated carbocycles. The van der Waals surface area contributed by atoms with Crippen molar-refractivity contribution in [3.8, 4) is 11.5 Å². The maximum Gasteiger partial charge on any atom is 0.254 e. The number of amides is 1. The maximum absolute atomic E-state index is 13.5. The topological polar surface area (TPSA) is 54.9 Å². The molecule has 0 unspecified atom stereocenters. The summed E-state index contributed by atoms with van der Waals surface area (Å²) in [6, 6.07) is 13.5. The molecule has 186 valence electrons. The lowest BCUT2D eigenvalue weighted by Crippen LogP contribution is -2.40. The average Bonchev–Trinajstić information content (AvgIpc) is 3.35. The SMILES string of the molecule is COc1cccc(C(=O)N(CCN2CCCCC2)Cc2csc(COc3cccc(C)c3C)n2)c1. The first-order valence-electron chi connectivity index (χ1n) is 12.3. The van der Waals surface area contributed by atoms with Gasteiger partial charge in [-0.2, -0.15) is 0 Å². The molecule has 0 radical (unpaired) electrons. The summed E-state index contributed by atoms with van der Waals surface area (Å²) in [5.74, 6) is 1.58. The summed E-state index contributed by atoms with van der Waals surface area (Å²) in [7, 11) is 1.62. The molecule has 7 heteroatoms. The van der Waals surface area contributed by atoms with Gasteiger partial charge in [-0.1, -0.05) is 24.6 Å². The van der Waals surface area contributed by atoms with E-state index in [-0.39, 0.29) is 5.91 Å². The Labute approximate surface area is 212 Å². The van der Waals surface area contributed by atoms with Crippen molar-refractivity contribution in [3.63, 3.8) is 0 Å². The maximum atomic E-state index is 13.5. The van der Waals surface area contributed by atoms with Gasteiger partial charge in [0.1, 0.15) is 23.1 Å². The molecule has 2 aromatic carbocycles. The minimum Gasteiger partial charge on any atom is -0.497 e. The number of thiazole rings is 1. The third kappa shape index (κ3) is 6.83. The van der Waals surface area contributed by atoms with Crippen LogP contribution in [0, 0.1) is 13.8 Å². The van der Waals surface area contributed by atoms with Gasteiger partial charge in [-0.15, -0.1) is 11.3 Å². The average molecular weight is 494 g/mol. The molecule has 0 aliphatic carbocycles. The summed E-state index contributed by atoms with van der Waals surface area (Å²) in [6.45, 7) is 8.82. The first kappa shape index (κ1) is 25.2. The highest BCUT2D eigenvalue weighted by atomic mass is 32.1. The van der Waals surface area contributed by atoms with E-state index in [0.717, 1.165) is 41.6 Å². The van der Waals surface area contributed by atoms with E-state index in [2.05, 4.69) is 24.8 Å². The van der Waals surface area contributed by atoms with E-state index in [9.17, 15) is 4.79 Å². The van der Waals surface area contributed by atoms with Crippen LogP contribution in [-0.4, -0.2) is 54.0 Å². The summed E-state index contributed by atoms with van der Waals surface area (Å²) in [6.07, 6.45) is 3.77. The third-order valence-electron chi connectivity index (χ3n) is 6.60. The molecule has 0 atom stereocenters. The van der Waals surface area contributed by atoms with Crippen molar-refractivity contribution < 1.29 is 14.3 Å². The van der Waals surface area contributed by atoms with E-state index < -0.39 is 0 Å². The molecule has 1 fully saturated rings. The molecular weight excluding hydrogens is 458 g/mol. The molecule has 2 heterocycles. The summed E-state index contributed by atoms with van der Waals surface area (Å²) >= 11 is 1.58. The monoisotopic (exact) mass is 493 g/mol. The second-order valence-corrected chi connectivity index (χ2v) is 10.0. The fraction of sp³-hybridized carbons (Fsp3) is 0.429. The van der Waals surface area contributed by atoms with Crippen LogP contribution in [-0.2, 0) is 13.2 Å². The Hall–Kier alpha value is -2.90. The summed E-state index contributed by atoms with van der Waals surface area (Å²) in [4.78, 5) is 22.6. The first-order chi connectivity index (χ1) is 17.0. The van der Waals surface area contributed by atoms with E-state index in [1.165, 1.54) is 24.8 Å². The fourth-order valence-electron chi connectivity index (χ4n) is 4.34. The van der Waals surface area contributed by atoms with E-state index >= 15 is 0 Å². The fourth-order valence-corrected chi connectivity index (χ4v) is 5.04. The summed E-state index contributed by atoms with van der Waals surface area (Å²) in [5.41, 5.74) is 3.89. The number of benzene rings is 2. The molecule has 0 bridgehead atoms. The number of hydrogen-bond acceptors (Lipinski definition) is 6. The van der Waals surface area contributed by atoms with Crippen LogP contribution in [0.5, 0.6) is 11.5 Å². The largest absolute Gasteiger partial charge is 0.497 e. The minimum atomic E-state index is 0.00194. The molecule has 0 spiro atoms. The van der Waals surface area contributed by atoms with Gasteiger partial charge >= 0.3 is 0 Å². The smallest absolute Gasteiger partial charge is 0.254 e. The van der Waals surface area contributed by atoms with Crippen LogP contribution >= 0.6 is 11.3 Å². The van der Waals surface area contributed by atoms with Crippen molar-refractivity contribution >= 4 is 17.2 Å². The molecule has 1 aliphatic heterocycles. The number of aromatic nitrogens is 1. The Morgan fingerprint density at radius 3 is 2.71 bits per heavy atom. The van der Waals surface area contributed by atoms with E-state index in [0.29, 0.717) is 31.0 Å². The standard InChI is InChI=1S/C28H35N3O3S/c1-21-9-7-12-26(22(21)2)34-19-27-29-24(20-35-27)18-31(16-15-30-13-5-4-6-14-30)28(32)23-10-8-11-25(17-23)33-3/h7-12,17,20H,4-6,13-16,18-19H2,1-3H3. The lowest BCUT2D eigenvalue weighted by Gasteiger charge is -2.30. The number of likely N-dealkylation sites (tertiary alicyclic amines) is 1. The quantitative estimate of drug-likeness (QED) is 0.375. The zero-order valence-electron chi connectivity index (χ0n) is 21.0. The Morgan fingerprint density at radius 1 is 1.11 bits per heavy atom.